The number of nitrogen functional groups attached to an aromatic ring is 1. The van der Waals surface area contributed by atoms with Gasteiger partial charge in [-0.15, -0.1) is 0 Å². The monoisotopic (exact) mass is 327 g/mol. The van der Waals surface area contributed by atoms with Gasteiger partial charge in [-0.05, 0) is 24.3 Å². The molecule has 1 aliphatic rings. The molecule has 1 heterocycles. The van der Waals surface area contributed by atoms with Crippen LogP contribution in [0.15, 0.2) is 42.5 Å². The number of rotatable bonds is 2. The first-order valence-electron chi connectivity index (χ1n) is 6.95. The van der Waals surface area contributed by atoms with Gasteiger partial charge in [-0.25, -0.2) is 0 Å². The second-order valence-electron chi connectivity index (χ2n) is 4.89. The van der Waals surface area contributed by atoms with Gasteiger partial charge in [0.2, 0.25) is 6.79 Å². The zero-order valence-corrected chi connectivity index (χ0v) is 12.4. The van der Waals surface area contributed by atoms with Crippen molar-refractivity contribution in [3.63, 3.8) is 0 Å². The molecule has 0 spiro atoms. The summed E-state index contributed by atoms with van der Waals surface area (Å²) in [7, 11) is 0. The quantitative estimate of drug-likeness (QED) is 0.557. The molecular formula is C16H13N3O5. The molecule has 0 saturated heterocycles. The third kappa shape index (κ3) is 3.12. The Kier molecular flexibility index (Phi) is 4.02. The highest BCUT2D eigenvalue weighted by atomic mass is 16.7. The molecule has 24 heavy (non-hydrogen) atoms. The van der Waals surface area contributed by atoms with Crippen LogP contribution in [0, 0.1) is 0 Å². The van der Waals surface area contributed by atoms with Gasteiger partial charge >= 0.3 is 11.8 Å². The third-order valence-electron chi connectivity index (χ3n) is 3.27. The summed E-state index contributed by atoms with van der Waals surface area (Å²) < 4.78 is 10.3. The van der Waals surface area contributed by atoms with Crippen molar-refractivity contribution >= 4 is 29.1 Å². The number of ether oxygens (including phenoxy) is 2. The number of amides is 3. The summed E-state index contributed by atoms with van der Waals surface area (Å²) in [5.74, 6) is -1.83. The van der Waals surface area contributed by atoms with Crippen molar-refractivity contribution in [2.45, 2.75) is 0 Å². The van der Waals surface area contributed by atoms with Crippen LogP contribution in [0.1, 0.15) is 10.4 Å². The van der Waals surface area contributed by atoms with Crippen molar-refractivity contribution in [2.24, 2.45) is 0 Å². The second-order valence-corrected chi connectivity index (χ2v) is 4.89. The van der Waals surface area contributed by atoms with Gasteiger partial charge in [-0.2, -0.15) is 0 Å². The number of carbonyl (C=O) groups excluding carboxylic acids is 3. The zero-order valence-electron chi connectivity index (χ0n) is 12.4. The molecule has 3 rings (SSSR count). The molecule has 0 radical (unpaired) electrons. The minimum atomic E-state index is -1.10. The minimum Gasteiger partial charge on any atom is -0.454 e. The predicted octanol–water partition coefficient (Wildman–Crippen LogP) is 0.893. The zero-order chi connectivity index (χ0) is 17.1. The van der Waals surface area contributed by atoms with Gasteiger partial charge < -0.3 is 20.5 Å². The van der Waals surface area contributed by atoms with E-state index in [0.717, 1.165) is 0 Å². The molecular weight excluding hydrogens is 314 g/mol. The van der Waals surface area contributed by atoms with E-state index < -0.39 is 17.7 Å². The Morgan fingerprint density at radius 3 is 2.50 bits per heavy atom. The van der Waals surface area contributed by atoms with Crippen molar-refractivity contribution in [1.29, 1.82) is 0 Å². The molecule has 1 aliphatic heterocycles. The number of nitrogens with one attached hydrogen (secondary N) is 2. The molecule has 0 aliphatic carbocycles. The summed E-state index contributed by atoms with van der Waals surface area (Å²) in [6.45, 7) is 0.0974. The van der Waals surface area contributed by atoms with E-state index in [1.807, 2.05) is 5.32 Å². The predicted molar refractivity (Wildman–Crippen MR) is 84.5 cm³/mol. The van der Waals surface area contributed by atoms with E-state index >= 15 is 0 Å². The summed E-state index contributed by atoms with van der Waals surface area (Å²) in [5, 5.41) is 4.36. The third-order valence-corrected chi connectivity index (χ3v) is 3.27. The number of anilines is 2. The molecule has 122 valence electrons. The lowest BCUT2D eigenvalue weighted by atomic mass is 10.1. The van der Waals surface area contributed by atoms with Crippen LogP contribution in [0.5, 0.6) is 11.5 Å². The van der Waals surface area contributed by atoms with E-state index in [1.165, 1.54) is 18.2 Å². The summed E-state index contributed by atoms with van der Waals surface area (Å²) in [6, 6.07) is 10.9. The first-order chi connectivity index (χ1) is 11.5. The first kappa shape index (κ1) is 15.3. The summed E-state index contributed by atoms with van der Waals surface area (Å²) in [6.07, 6.45) is 0. The average Bonchev–Trinajstić information content (AvgIpc) is 3.02. The van der Waals surface area contributed by atoms with Crippen LogP contribution in [-0.2, 0) is 9.59 Å². The van der Waals surface area contributed by atoms with Crippen LogP contribution >= 0.6 is 0 Å². The Balaban J connectivity index is 1.64. The van der Waals surface area contributed by atoms with Crippen molar-refractivity contribution < 1.29 is 23.9 Å². The maximum Gasteiger partial charge on any atom is 0.316 e. The maximum atomic E-state index is 12.0. The van der Waals surface area contributed by atoms with Crippen LogP contribution in [0.2, 0.25) is 0 Å². The largest absolute Gasteiger partial charge is 0.454 e. The lowest BCUT2D eigenvalue weighted by Crippen LogP contribution is -2.39. The van der Waals surface area contributed by atoms with Gasteiger partial charge in [0.15, 0.2) is 11.5 Å². The molecule has 3 amide bonds. The number of fused-ring (bicyclic) bond motifs is 1. The Morgan fingerprint density at radius 1 is 0.958 bits per heavy atom. The lowest BCUT2D eigenvalue weighted by Gasteiger charge is -2.07. The SMILES string of the molecule is Nc1ccccc1C(=O)NC(=O)C(=O)Nc1ccc2c(c1)OCO2. The average molecular weight is 327 g/mol. The van der Waals surface area contributed by atoms with E-state index in [2.05, 4.69) is 5.32 Å². The van der Waals surface area contributed by atoms with Gasteiger partial charge in [0.05, 0.1) is 5.56 Å². The normalized spacial score (nSPS) is 11.7. The Morgan fingerprint density at radius 2 is 1.71 bits per heavy atom. The van der Waals surface area contributed by atoms with Crippen LogP contribution in [0.4, 0.5) is 11.4 Å². The minimum absolute atomic E-state index is 0.0974. The lowest BCUT2D eigenvalue weighted by molar-refractivity contribution is -0.135. The van der Waals surface area contributed by atoms with E-state index in [-0.39, 0.29) is 18.0 Å². The fraction of sp³-hybridized carbons (Fsp3) is 0.0625. The molecule has 2 aromatic rings. The Hall–Kier alpha value is -3.55. The number of benzene rings is 2. The molecule has 8 heteroatoms. The maximum absolute atomic E-state index is 12.0. The van der Waals surface area contributed by atoms with Gasteiger partial charge in [0, 0.05) is 17.4 Å². The molecule has 0 fully saturated rings. The van der Waals surface area contributed by atoms with Crippen molar-refractivity contribution in [3.05, 3.63) is 48.0 Å². The van der Waals surface area contributed by atoms with Gasteiger partial charge in [0.1, 0.15) is 0 Å². The fourth-order valence-electron chi connectivity index (χ4n) is 2.09. The Bertz CT molecular complexity index is 834. The molecule has 0 atom stereocenters. The first-order valence-corrected chi connectivity index (χ1v) is 6.95. The molecule has 0 unspecified atom stereocenters. The van der Waals surface area contributed by atoms with Crippen LogP contribution in [0.3, 0.4) is 0 Å². The standard InChI is InChI=1S/C16H13N3O5/c17-11-4-2-1-3-10(11)14(20)19-16(22)15(21)18-9-5-6-12-13(7-9)24-8-23-12/h1-7H,8,17H2,(H,18,21)(H,19,20,22). The number of hydrogen-bond acceptors (Lipinski definition) is 6. The number of imide groups is 1. The number of nitrogens with two attached hydrogens (primary N) is 1. The number of carbonyl (C=O) groups is 3. The van der Waals surface area contributed by atoms with Gasteiger partial charge in [0.25, 0.3) is 5.91 Å². The van der Waals surface area contributed by atoms with Crippen molar-refractivity contribution in [2.75, 3.05) is 17.8 Å². The van der Waals surface area contributed by atoms with Gasteiger partial charge in [-0.3, -0.25) is 19.7 Å². The molecule has 0 bridgehead atoms. The van der Waals surface area contributed by atoms with E-state index in [4.69, 9.17) is 15.2 Å². The van der Waals surface area contributed by atoms with Crippen LogP contribution in [-0.4, -0.2) is 24.5 Å². The number of para-hydroxylation sites is 1. The topological polar surface area (TPSA) is 120 Å². The van der Waals surface area contributed by atoms with Gasteiger partial charge in [-0.1, -0.05) is 12.1 Å². The highest BCUT2D eigenvalue weighted by Gasteiger charge is 2.20. The molecule has 8 nitrogen and oxygen atoms in total. The van der Waals surface area contributed by atoms with Crippen LogP contribution < -0.4 is 25.8 Å². The second kappa shape index (κ2) is 6.29. The summed E-state index contributed by atoms with van der Waals surface area (Å²) in [4.78, 5) is 35.7. The van der Waals surface area contributed by atoms with E-state index in [9.17, 15) is 14.4 Å². The van der Waals surface area contributed by atoms with Crippen LogP contribution in [0.25, 0.3) is 0 Å². The Labute approximate surface area is 136 Å². The molecule has 0 aromatic heterocycles. The summed E-state index contributed by atoms with van der Waals surface area (Å²) in [5.41, 5.74) is 6.31. The number of hydrogen-bond donors (Lipinski definition) is 3. The highest BCUT2D eigenvalue weighted by Crippen LogP contribution is 2.34. The highest BCUT2D eigenvalue weighted by molar-refractivity contribution is 6.42. The molecule has 0 saturated carbocycles. The molecule has 2 aromatic carbocycles. The molecule has 4 N–H and O–H groups in total. The van der Waals surface area contributed by atoms with E-state index in [1.54, 1.807) is 24.3 Å². The fourth-order valence-corrected chi connectivity index (χ4v) is 2.09. The smallest absolute Gasteiger partial charge is 0.316 e. The van der Waals surface area contributed by atoms with Crippen molar-refractivity contribution in [3.8, 4) is 11.5 Å². The summed E-state index contributed by atoms with van der Waals surface area (Å²) >= 11 is 0. The van der Waals surface area contributed by atoms with E-state index in [0.29, 0.717) is 17.2 Å². The van der Waals surface area contributed by atoms with Crippen molar-refractivity contribution in [1.82, 2.24) is 5.32 Å².